The number of carbonyl (C=O) groups excluding carboxylic acids is 1. The quantitative estimate of drug-likeness (QED) is 0.367. The van der Waals surface area contributed by atoms with Crippen molar-refractivity contribution in [3.63, 3.8) is 0 Å². The molecular formula is C25H22BrN3O4. The number of aromatic nitrogens is 2. The smallest absolute Gasteiger partial charge is 0.259 e. The molecule has 0 spiro atoms. The van der Waals surface area contributed by atoms with E-state index >= 15 is 0 Å². The fraction of sp³-hybridized carbons (Fsp3) is 0.160. The number of para-hydroxylation sites is 1. The molecule has 0 aliphatic heterocycles. The van der Waals surface area contributed by atoms with E-state index in [0.717, 1.165) is 5.56 Å². The number of amides is 1. The van der Waals surface area contributed by atoms with Gasteiger partial charge >= 0.3 is 0 Å². The molecule has 0 aliphatic carbocycles. The van der Waals surface area contributed by atoms with Crippen LogP contribution < -0.4 is 20.3 Å². The molecule has 0 atom stereocenters. The average molecular weight is 508 g/mol. The van der Waals surface area contributed by atoms with Gasteiger partial charge in [0.25, 0.3) is 11.5 Å². The molecule has 8 heteroatoms. The standard InChI is InChI=1S/C25H22BrN3O4/c1-2-32-21-12-18(24-28-20-11-7-6-10-17(20)25(31)29-24)19(26)13-22(21)33-15-23(30)27-14-16-8-4-3-5-9-16/h3-13H,2,14-15H2,1H3,(H,27,30)(H,28,29,31). The van der Waals surface area contributed by atoms with Crippen LogP contribution in [-0.2, 0) is 11.3 Å². The lowest BCUT2D eigenvalue weighted by molar-refractivity contribution is -0.123. The number of hydrogen-bond acceptors (Lipinski definition) is 5. The van der Waals surface area contributed by atoms with E-state index in [0.29, 0.717) is 51.4 Å². The number of halogens is 1. The largest absolute Gasteiger partial charge is 0.490 e. The lowest BCUT2D eigenvalue weighted by Crippen LogP contribution is -2.28. The van der Waals surface area contributed by atoms with E-state index in [-0.39, 0.29) is 18.1 Å². The van der Waals surface area contributed by atoms with Crippen molar-refractivity contribution in [3.05, 3.63) is 87.1 Å². The summed E-state index contributed by atoms with van der Waals surface area (Å²) in [6.07, 6.45) is 0. The normalized spacial score (nSPS) is 10.7. The molecule has 2 N–H and O–H groups in total. The average Bonchev–Trinajstić information content (AvgIpc) is 2.83. The summed E-state index contributed by atoms with van der Waals surface area (Å²) in [4.78, 5) is 32.1. The highest BCUT2D eigenvalue weighted by Crippen LogP contribution is 2.37. The Labute approximate surface area is 198 Å². The van der Waals surface area contributed by atoms with E-state index in [1.165, 1.54) is 0 Å². The molecule has 4 rings (SSSR count). The Bertz CT molecular complexity index is 1340. The summed E-state index contributed by atoms with van der Waals surface area (Å²) in [7, 11) is 0. The fourth-order valence-electron chi connectivity index (χ4n) is 3.30. The molecule has 0 unspecified atom stereocenters. The van der Waals surface area contributed by atoms with E-state index in [1.54, 1.807) is 30.3 Å². The topological polar surface area (TPSA) is 93.3 Å². The first-order chi connectivity index (χ1) is 16.0. The van der Waals surface area contributed by atoms with Gasteiger partial charge in [-0.2, -0.15) is 0 Å². The second-order valence-corrected chi connectivity index (χ2v) is 8.05. The number of ether oxygens (including phenoxy) is 2. The van der Waals surface area contributed by atoms with E-state index in [9.17, 15) is 9.59 Å². The van der Waals surface area contributed by atoms with E-state index in [4.69, 9.17) is 9.47 Å². The van der Waals surface area contributed by atoms with Crippen LogP contribution in [0.1, 0.15) is 12.5 Å². The van der Waals surface area contributed by atoms with Gasteiger partial charge in [-0.25, -0.2) is 4.98 Å². The molecule has 168 valence electrons. The molecule has 1 aromatic heterocycles. The molecule has 33 heavy (non-hydrogen) atoms. The van der Waals surface area contributed by atoms with Gasteiger partial charge in [0.2, 0.25) is 0 Å². The van der Waals surface area contributed by atoms with Crippen molar-refractivity contribution in [3.8, 4) is 22.9 Å². The van der Waals surface area contributed by atoms with Crippen molar-refractivity contribution < 1.29 is 14.3 Å². The number of rotatable bonds is 8. The number of carbonyl (C=O) groups is 1. The van der Waals surface area contributed by atoms with Gasteiger partial charge in [-0.1, -0.05) is 42.5 Å². The number of fused-ring (bicyclic) bond motifs is 1. The molecule has 1 amide bonds. The van der Waals surface area contributed by atoms with Gasteiger partial charge in [-0.15, -0.1) is 0 Å². The first kappa shape index (κ1) is 22.5. The SMILES string of the molecule is CCOc1cc(-c2nc3ccccc3c(=O)[nH]2)c(Br)cc1OCC(=O)NCc1ccccc1. The molecule has 0 saturated carbocycles. The number of hydrogen-bond donors (Lipinski definition) is 2. The van der Waals surface area contributed by atoms with Crippen molar-refractivity contribution in [2.45, 2.75) is 13.5 Å². The molecule has 0 saturated heterocycles. The summed E-state index contributed by atoms with van der Waals surface area (Å²) in [5, 5.41) is 3.35. The van der Waals surface area contributed by atoms with Gasteiger partial charge in [0.05, 0.1) is 17.5 Å². The Morgan fingerprint density at radius 2 is 1.76 bits per heavy atom. The molecular weight excluding hydrogens is 486 g/mol. The van der Waals surface area contributed by atoms with E-state index in [1.807, 2.05) is 43.3 Å². The predicted molar refractivity (Wildman–Crippen MR) is 130 cm³/mol. The van der Waals surface area contributed by atoms with Gasteiger partial charge in [-0.3, -0.25) is 9.59 Å². The van der Waals surface area contributed by atoms with Gasteiger partial charge in [0.15, 0.2) is 18.1 Å². The summed E-state index contributed by atoms with van der Waals surface area (Å²) >= 11 is 3.53. The molecule has 3 aromatic carbocycles. The third-order valence-electron chi connectivity index (χ3n) is 4.89. The summed E-state index contributed by atoms with van der Waals surface area (Å²) < 4.78 is 12.1. The summed E-state index contributed by atoms with van der Waals surface area (Å²) in [6, 6.07) is 20.2. The van der Waals surface area contributed by atoms with Crippen molar-refractivity contribution in [2.24, 2.45) is 0 Å². The van der Waals surface area contributed by atoms with Gasteiger partial charge in [0, 0.05) is 16.6 Å². The summed E-state index contributed by atoms with van der Waals surface area (Å²) in [5.74, 6) is 1.01. The molecule has 1 heterocycles. The summed E-state index contributed by atoms with van der Waals surface area (Å²) in [6.45, 7) is 2.52. The maximum Gasteiger partial charge on any atom is 0.259 e. The van der Waals surface area contributed by atoms with Gasteiger partial charge in [-0.05, 0) is 52.7 Å². The van der Waals surface area contributed by atoms with Crippen LogP contribution in [0.5, 0.6) is 11.5 Å². The lowest BCUT2D eigenvalue weighted by Gasteiger charge is -2.15. The molecule has 0 aliphatic rings. The number of nitrogens with zero attached hydrogens (tertiary/aromatic N) is 1. The van der Waals surface area contributed by atoms with Crippen LogP contribution in [0.15, 0.2) is 76.0 Å². The van der Waals surface area contributed by atoms with Crippen molar-refractivity contribution >= 4 is 32.7 Å². The Balaban J connectivity index is 1.55. The Kier molecular flexibility index (Phi) is 7.04. The van der Waals surface area contributed by atoms with Gasteiger partial charge in [0.1, 0.15) is 5.82 Å². The third-order valence-corrected chi connectivity index (χ3v) is 5.55. The zero-order valence-corrected chi connectivity index (χ0v) is 19.5. The fourth-order valence-corrected chi connectivity index (χ4v) is 3.81. The second kappa shape index (κ2) is 10.3. The Morgan fingerprint density at radius 1 is 1.03 bits per heavy atom. The first-order valence-electron chi connectivity index (χ1n) is 10.4. The zero-order valence-electron chi connectivity index (χ0n) is 17.9. The number of benzene rings is 3. The molecule has 0 radical (unpaired) electrons. The minimum atomic E-state index is -0.248. The molecule has 4 aromatic rings. The monoisotopic (exact) mass is 507 g/mol. The summed E-state index contributed by atoms with van der Waals surface area (Å²) in [5.41, 5.74) is 2.01. The molecule has 0 fully saturated rings. The predicted octanol–water partition coefficient (Wildman–Crippen LogP) is 4.45. The number of aromatic amines is 1. The highest BCUT2D eigenvalue weighted by molar-refractivity contribution is 9.10. The van der Waals surface area contributed by atoms with Crippen molar-refractivity contribution in [1.29, 1.82) is 0 Å². The minimum absolute atomic E-state index is 0.163. The van der Waals surface area contributed by atoms with Crippen LogP contribution in [-0.4, -0.2) is 29.1 Å². The maximum absolute atomic E-state index is 12.5. The van der Waals surface area contributed by atoms with Crippen LogP contribution in [0.4, 0.5) is 0 Å². The van der Waals surface area contributed by atoms with Crippen LogP contribution in [0.25, 0.3) is 22.3 Å². The Morgan fingerprint density at radius 3 is 2.55 bits per heavy atom. The second-order valence-electron chi connectivity index (χ2n) is 7.19. The number of H-pyrrole nitrogens is 1. The first-order valence-corrected chi connectivity index (χ1v) is 11.2. The maximum atomic E-state index is 12.5. The highest BCUT2D eigenvalue weighted by atomic mass is 79.9. The highest BCUT2D eigenvalue weighted by Gasteiger charge is 2.16. The van der Waals surface area contributed by atoms with E-state index < -0.39 is 0 Å². The lowest BCUT2D eigenvalue weighted by atomic mass is 10.1. The van der Waals surface area contributed by atoms with Crippen molar-refractivity contribution in [1.82, 2.24) is 15.3 Å². The van der Waals surface area contributed by atoms with Gasteiger partial charge < -0.3 is 19.8 Å². The van der Waals surface area contributed by atoms with Crippen LogP contribution >= 0.6 is 15.9 Å². The van der Waals surface area contributed by atoms with Crippen LogP contribution in [0.2, 0.25) is 0 Å². The minimum Gasteiger partial charge on any atom is -0.490 e. The third kappa shape index (κ3) is 5.40. The van der Waals surface area contributed by atoms with Crippen LogP contribution in [0, 0.1) is 0 Å². The number of nitrogens with one attached hydrogen (secondary N) is 2. The van der Waals surface area contributed by atoms with E-state index in [2.05, 4.69) is 31.2 Å². The zero-order chi connectivity index (χ0) is 23.2. The molecule has 7 nitrogen and oxygen atoms in total. The Hall–Kier alpha value is -3.65. The van der Waals surface area contributed by atoms with Crippen molar-refractivity contribution in [2.75, 3.05) is 13.2 Å². The molecule has 0 bridgehead atoms. The van der Waals surface area contributed by atoms with Crippen LogP contribution in [0.3, 0.4) is 0 Å².